The fraction of sp³-hybridized carbons (Fsp3) is 0.167. The standard InChI is InChI=1S/C24H19FN2O6S/c1-26-12-13-10-18(24(29)33-3)22-21(20(13)23(26)28)17-11-14(25)4-9-19(17)27(22)34(30,31)16-7-5-15(32-2)6-8-16/h4-11H,12H2,1-3H3. The van der Waals surface area contributed by atoms with Gasteiger partial charge in [-0.2, -0.15) is 0 Å². The van der Waals surface area contributed by atoms with Crippen molar-refractivity contribution >= 4 is 43.7 Å². The Bertz CT molecular complexity index is 1620. The van der Waals surface area contributed by atoms with Crippen LogP contribution >= 0.6 is 0 Å². The molecule has 34 heavy (non-hydrogen) atoms. The van der Waals surface area contributed by atoms with Gasteiger partial charge in [0.15, 0.2) is 0 Å². The molecular weight excluding hydrogens is 463 g/mol. The van der Waals surface area contributed by atoms with Crippen LogP contribution in [0.2, 0.25) is 0 Å². The summed E-state index contributed by atoms with van der Waals surface area (Å²) in [6.07, 6.45) is 0. The number of nitrogens with zero attached hydrogens (tertiary/aromatic N) is 2. The zero-order valence-electron chi connectivity index (χ0n) is 18.5. The number of methoxy groups -OCH3 is 2. The van der Waals surface area contributed by atoms with Crippen LogP contribution in [0.4, 0.5) is 4.39 Å². The van der Waals surface area contributed by atoms with Crippen molar-refractivity contribution in [3.63, 3.8) is 0 Å². The van der Waals surface area contributed by atoms with E-state index in [1.54, 1.807) is 7.05 Å². The second-order valence-corrected chi connectivity index (χ2v) is 9.73. The number of aromatic nitrogens is 1. The average molecular weight is 482 g/mol. The summed E-state index contributed by atoms with van der Waals surface area (Å²) in [6.45, 7) is 0.224. The molecule has 0 aliphatic carbocycles. The zero-order chi connectivity index (χ0) is 24.4. The van der Waals surface area contributed by atoms with E-state index in [1.165, 1.54) is 61.6 Å². The largest absolute Gasteiger partial charge is 0.497 e. The van der Waals surface area contributed by atoms with E-state index in [4.69, 9.17) is 9.47 Å². The lowest BCUT2D eigenvalue weighted by Crippen LogP contribution is -2.17. The van der Waals surface area contributed by atoms with Gasteiger partial charge in [0.1, 0.15) is 11.6 Å². The van der Waals surface area contributed by atoms with E-state index in [1.807, 2.05) is 0 Å². The maximum atomic E-state index is 14.4. The Labute approximate surface area is 194 Å². The number of esters is 1. The summed E-state index contributed by atoms with van der Waals surface area (Å²) in [5, 5.41) is 0.400. The van der Waals surface area contributed by atoms with Gasteiger partial charge in [0.2, 0.25) is 0 Å². The molecule has 174 valence electrons. The number of carbonyl (C=O) groups excluding carboxylic acids is 2. The van der Waals surface area contributed by atoms with Crippen molar-refractivity contribution < 1.29 is 31.9 Å². The predicted molar refractivity (Wildman–Crippen MR) is 122 cm³/mol. The zero-order valence-corrected chi connectivity index (χ0v) is 19.3. The van der Waals surface area contributed by atoms with Crippen molar-refractivity contribution in [2.75, 3.05) is 21.3 Å². The van der Waals surface area contributed by atoms with Crippen molar-refractivity contribution in [2.24, 2.45) is 0 Å². The molecule has 10 heteroatoms. The molecule has 0 spiro atoms. The van der Waals surface area contributed by atoms with E-state index in [-0.39, 0.29) is 50.3 Å². The third-order valence-electron chi connectivity index (χ3n) is 6.00. The number of benzene rings is 3. The van der Waals surface area contributed by atoms with Crippen LogP contribution in [0.5, 0.6) is 5.75 Å². The third kappa shape index (κ3) is 2.98. The van der Waals surface area contributed by atoms with Crippen LogP contribution in [0.1, 0.15) is 26.3 Å². The van der Waals surface area contributed by atoms with Gasteiger partial charge < -0.3 is 14.4 Å². The molecule has 0 atom stereocenters. The summed E-state index contributed by atoms with van der Waals surface area (Å²) in [5.74, 6) is -1.26. The minimum absolute atomic E-state index is 0.0342. The Morgan fingerprint density at radius 2 is 1.76 bits per heavy atom. The lowest BCUT2D eigenvalue weighted by Gasteiger charge is -2.13. The second-order valence-electron chi connectivity index (χ2n) is 7.94. The molecule has 0 radical (unpaired) electrons. The van der Waals surface area contributed by atoms with Gasteiger partial charge in [-0.25, -0.2) is 21.6 Å². The van der Waals surface area contributed by atoms with E-state index in [0.717, 1.165) is 10.0 Å². The Hall–Kier alpha value is -3.92. The number of rotatable bonds is 4. The van der Waals surface area contributed by atoms with Crippen LogP contribution in [0.3, 0.4) is 0 Å². The van der Waals surface area contributed by atoms with Crippen LogP contribution in [-0.2, 0) is 21.3 Å². The highest BCUT2D eigenvalue weighted by molar-refractivity contribution is 7.90. The van der Waals surface area contributed by atoms with Crippen LogP contribution in [0.15, 0.2) is 53.4 Å². The van der Waals surface area contributed by atoms with Crippen molar-refractivity contribution in [2.45, 2.75) is 11.4 Å². The van der Waals surface area contributed by atoms with Gasteiger partial charge in [0.05, 0.1) is 41.3 Å². The average Bonchev–Trinajstić information content (AvgIpc) is 3.31. The first-order chi connectivity index (χ1) is 16.2. The first-order valence-electron chi connectivity index (χ1n) is 10.2. The fourth-order valence-electron chi connectivity index (χ4n) is 4.46. The van der Waals surface area contributed by atoms with Crippen molar-refractivity contribution in [3.05, 3.63) is 71.0 Å². The summed E-state index contributed by atoms with van der Waals surface area (Å²) in [4.78, 5) is 27.2. The monoisotopic (exact) mass is 482 g/mol. The topological polar surface area (TPSA) is 94.9 Å². The van der Waals surface area contributed by atoms with Gasteiger partial charge in [-0.1, -0.05) is 0 Å². The number of carbonyl (C=O) groups is 2. The van der Waals surface area contributed by atoms with Gasteiger partial charge in [0.25, 0.3) is 15.9 Å². The number of hydrogen-bond donors (Lipinski definition) is 0. The van der Waals surface area contributed by atoms with Crippen LogP contribution in [0, 0.1) is 5.82 Å². The summed E-state index contributed by atoms with van der Waals surface area (Å²) in [7, 11) is -0.0519. The van der Waals surface area contributed by atoms with Crippen molar-refractivity contribution in [3.8, 4) is 5.75 Å². The molecule has 3 aromatic carbocycles. The number of fused-ring (bicyclic) bond motifs is 5. The first kappa shape index (κ1) is 21.9. The lowest BCUT2D eigenvalue weighted by molar-refractivity contribution is 0.0602. The number of halogens is 1. The molecule has 8 nitrogen and oxygen atoms in total. The van der Waals surface area contributed by atoms with Gasteiger partial charge in [0, 0.05) is 24.4 Å². The van der Waals surface area contributed by atoms with E-state index in [2.05, 4.69) is 0 Å². The number of ether oxygens (including phenoxy) is 2. The van der Waals surface area contributed by atoms with E-state index in [0.29, 0.717) is 11.3 Å². The Morgan fingerprint density at radius 1 is 1.06 bits per heavy atom. The first-order valence-corrected chi connectivity index (χ1v) is 11.7. The molecule has 0 unspecified atom stereocenters. The Kier molecular flexibility index (Phi) is 4.87. The molecule has 1 aliphatic heterocycles. The van der Waals surface area contributed by atoms with Crippen molar-refractivity contribution in [1.29, 1.82) is 0 Å². The van der Waals surface area contributed by atoms with E-state index < -0.39 is 21.8 Å². The molecule has 0 saturated heterocycles. The van der Waals surface area contributed by atoms with E-state index >= 15 is 0 Å². The molecule has 0 bridgehead atoms. The smallest absolute Gasteiger partial charge is 0.340 e. The minimum Gasteiger partial charge on any atom is -0.497 e. The second kappa shape index (κ2) is 7.56. The lowest BCUT2D eigenvalue weighted by atomic mass is 9.98. The SMILES string of the molecule is COC(=O)c1cc2c(c3c4cc(F)ccc4n(S(=O)(=O)c4ccc(OC)cc4)c13)C(=O)N(C)C2. The molecule has 0 N–H and O–H groups in total. The Morgan fingerprint density at radius 3 is 2.41 bits per heavy atom. The predicted octanol–water partition coefficient (Wildman–Crippen LogP) is 3.55. The fourth-order valence-corrected chi connectivity index (χ4v) is 6.00. The molecule has 4 aromatic rings. The summed E-state index contributed by atoms with van der Waals surface area (Å²) in [6, 6.07) is 10.8. The van der Waals surface area contributed by atoms with Gasteiger partial charge in [-0.15, -0.1) is 0 Å². The third-order valence-corrected chi connectivity index (χ3v) is 7.73. The van der Waals surface area contributed by atoms with Crippen LogP contribution in [0.25, 0.3) is 21.8 Å². The van der Waals surface area contributed by atoms with Gasteiger partial charge in [-0.05, 0) is 54.1 Å². The molecule has 2 heterocycles. The highest BCUT2D eigenvalue weighted by Gasteiger charge is 2.35. The molecule has 1 aromatic heterocycles. The normalized spacial score (nSPS) is 13.5. The molecule has 0 fully saturated rings. The Balaban J connectivity index is 1.99. The molecule has 5 rings (SSSR count). The highest BCUT2D eigenvalue weighted by atomic mass is 32.2. The summed E-state index contributed by atoms with van der Waals surface area (Å²) in [5.41, 5.74) is 0.835. The maximum absolute atomic E-state index is 14.4. The minimum atomic E-state index is -4.29. The maximum Gasteiger partial charge on any atom is 0.340 e. The van der Waals surface area contributed by atoms with Crippen molar-refractivity contribution in [1.82, 2.24) is 8.87 Å². The van der Waals surface area contributed by atoms with Gasteiger partial charge >= 0.3 is 5.97 Å². The number of hydrogen-bond acceptors (Lipinski definition) is 6. The quantitative estimate of drug-likeness (QED) is 0.413. The molecule has 0 saturated carbocycles. The van der Waals surface area contributed by atoms with Gasteiger partial charge in [-0.3, -0.25) is 4.79 Å². The van der Waals surface area contributed by atoms with Crippen LogP contribution in [-0.4, -0.2) is 50.4 Å². The van der Waals surface area contributed by atoms with E-state index in [9.17, 15) is 22.4 Å². The molecule has 1 aliphatic rings. The molecular formula is C24H19FN2O6S. The van der Waals surface area contributed by atoms with Crippen LogP contribution < -0.4 is 4.74 Å². The number of amides is 1. The summed E-state index contributed by atoms with van der Waals surface area (Å²) >= 11 is 0. The highest BCUT2D eigenvalue weighted by Crippen LogP contribution is 2.41. The summed E-state index contributed by atoms with van der Waals surface area (Å²) < 4.78 is 53.2. The molecule has 1 amide bonds.